The van der Waals surface area contributed by atoms with Gasteiger partial charge in [-0.3, -0.25) is 0 Å². The molecule has 0 amide bonds. The third-order valence-electron chi connectivity index (χ3n) is 3.49. The second-order valence-corrected chi connectivity index (χ2v) is 6.10. The third-order valence-corrected chi connectivity index (χ3v) is 3.65. The number of rotatable bonds is 6. The van der Waals surface area contributed by atoms with E-state index in [0.717, 1.165) is 13.0 Å². The van der Waals surface area contributed by atoms with Crippen molar-refractivity contribution in [3.63, 3.8) is 0 Å². The highest BCUT2D eigenvalue weighted by molar-refractivity contribution is 6.28. The highest BCUT2D eigenvalue weighted by Crippen LogP contribution is 2.30. The molecule has 112 valence electrons. The van der Waals surface area contributed by atoms with Crippen molar-refractivity contribution in [1.82, 2.24) is 24.7 Å². The molecule has 1 fully saturated rings. The van der Waals surface area contributed by atoms with Gasteiger partial charge in [-0.15, -0.1) is 0 Å². The van der Waals surface area contributed by atoms with Gasteiger partial charge in [-0.2, -0.15) is 20.1 Å². The predicted molar refractivity (Wildman–Crippen MR) is 81.8 cm³/mol. The first-order valence-corrected chi connectivity index (χ1v) is 7.69. The van der Waals surface area contributed by atoms with Gasteiger partial charge in [0.1, 0.15) is 0 Å². The maximum absolute atomic E-state index is 6.07. The topological polar surface area (TPSA) is 59.7 Å². The monoisotopic (exact) mass is 306 g/mol. The van der Waals surface area contributed by atoms with Gasteiger partial charge in [-0.05, 0) is 42.8 Å². The second-order valence-electron chi connectivity index (χ2n) is 5.76. The van der Waals surface area contributed by atoms with Crippen molar-refractivity contribution >= 4 is 17.5 Å². The first kappa shape index (κ1) is 14.3. The first-order chi connectivity index (χ1) is 10.1. The van der Waals surface area contributed by atoms with E-state index in [0.29, 0.717) is 23.9 Å². The van der Waals surface area contributed by atoms with E-state index in [-0.39, 0.29) is 5.28 Å². The van der Waals surface area contributed by atoms with Crippen molar-refractivity contribution in [1.29, 1.82) is 0 Å². The molecule has 2 heterocycles. The Hall–Kier alpha value is -1.69. The Kier molecular flexibility index (Phi) is 4.05. The van der Waals surface area contributed by atoms with Crippen LogP contribution in [0.5, 0.6) is 0 Å². The van der Waals surface area contributed by atoms with Crippen molar-refractivity contribution in [2.45, 2.75) is 39.2 Å². The minimum Gasteiger partial charge on any atom is -0.338 e. The average Bonchev–Trinajstić information content (AvgIpc) is 3.12. The molecule has 0 N–H and O–H groups in total. The molecule has 7 heteroatoms. The number of hydrogen-bond donors (Lipinski definition) is 0. The van der Waals surface area contributed by atoms with E-state index in [1.54, 1.807) is 17.1 Å². The molecule has 6 nitrogen and oxygen atoms in total. The lowest BCUT2D eigenvalue weighted by Crippen LogP contribution is -2.30. The molecule has 1 aliphatic carbocycles. The van der Waals surface area contributed by atoms with Crippen LogP contribution in [0.4, 0.5) is 5.95 Å². The van der Waals surface area contributed by atoms with E-state index < -0.39 is 0 Å². The standard InChI is InChI=1S/C14H19ClN6/c1-10(2)6-9-20(11-4-5-11)13-17-12(15)18-14(19-13)21-8-3-7-16-21/h3,7-8,10-11H,4-6,9H2,1-2H3. The molecule has 1 saturated carbocycles. The summed E-state index contributed by atoms with van der Waals surface area (Å²) in [5.74, 6) is 1.77. The summed E-state index contributed by atoms with van der Waals surface area (Å²) in [6, 6.07) is 2.36. The quantitative estimate of drug-likeness (QED) is 0.821. The van der Waals surface area contributed by atoms with Gasteiger partial charge in [0, 0.05) is 25.0 Å². The summed E-state index contributed by atoms with van der Waals surface area (Å²) in [4.78, 5) is 15.2. The molecule has 2 aromatic heterocycles. The van der Waals surface area contributed by atoms with Gasteiger partial charge in [0.25, 0.3) is 5.95 Å². The lowest BCUT2D eigenvalue weighted by molar-refractivity contribution is 0.564. The van der Waals surface area contributed by atoms with Gasteiger partial charge in [0.05, 0.1) is 0 Å². The summed E-state index contributed by atoms with van der Waals surface area (Å²) in [7, 11) is 0. The molecule has 0 bridgehead atoms. The second kappa shape index (κ2) is 5.97. The van der Waals surface area contributed by atoms with Gasteiger partial charge < -0.3 is 4.90 Å². The third kappa shape index (κ3) is 3.50. The van der Waals surface area contributed by atoms with E-state index >= 15 is 0 Å². The van der Waals surface area contributed by atoms with Gasteiger partial charge in [0.15, 0.2) is 0 Å². The Morgan fingerprint density at radius 1 is 1.33 bits per heavy atom. The fourth-order valence-corrected chi connectivity index (χ4v) is 2.33. The number of halogens is 1. The molecule has 2 aromatic rings. The smallest absolute Gasteiger partial charge is 0.256 e. The SMILES string of the molecule is CC(C)CCN(c1nc(Cl)nc(-n2cccn2)n1)C1CC1. The van der Waals surface area contributed by atoms with Crippen LogP contribution in [0.3, 0.4) is 0 Å². The van der Waals surface area contributed by atoms with Crippen LogP contribution in [0.1, 0.15) is 33.1 Å². The Bertz CT molecular complexity index is 594. The molecule has 0 radical (unpaired) electrons. The van der Waals surface area contributed by atoms with Gasteiger partial charge in [0.2, 0.25) is 11.2 Å². The molecule has 0 atom stereocenters. The Morgan fingerprint density at radius 3 is 2.76 bits per heavy atom. The van der Waals surface area contributed by atoms with Crippen molar-refractivity contribution in [3.8, 4) is 5.95 Å². The van der Waals surface area contributed by atoms with E-state index in [4.69, 9.17) is 11.6 Å². The maximum Gasteiger partial charge on any atom is 0.256 e. The minimum atomic E-state index is 0.209. The maximum atomic E-state index is 6.07. The molecule has 3 rings (SSSR count). The molecule has 0 spiro atoms. The van der Waals surface area contributed by atoms with Crippen molar-refractivity contribution < 1.29 is 0 Å². The summed E-state index contributed by atoms with van der Waals surface area (Å²) in [5.41, 5.74) is 0. The van der Waals surface area contributed by atoms with Crippen LogP contribution < -0.4 is 4.90 Å². The number of anilines is 1. The van der Waals surface area contributed by atoms with Crippen molar-refractivity contribution in [3.05, 3.63) is 23.7 Å². The molecular formula is C14H19ClN6. The van der Waals surface area contributed by atoms with Crippen LogP contribution in [0.25, 0.3) is 5.95 Å². The Morgan fingerprint density at radius 2 is 2.14 bits per heavy atom. The van der Waals surface area contributed by atoms with E-state index in [1.165, 1.54) is 12.8 Å². The zero-order valence-corrected chi connectivity index (χ0v) is 13.0. The fourth-order valence-electron chi connectivity index (χ4n) is 2.18. The summed E-state index contributed by atoms with van der Waals surface area (Å²) >= 11 is 6.07. The summed E-state index contributed by atoms with van der Waals surface area (Å²) in [5, 5.41) is 4.36. The van der Waals surface area contributed by atoms with Crippen molar-refractivity contribution in [2.24, 2.45) is 5.92 Å². The summed E-state index contributed by atoms with van der Waals surface area (Å²) < 4.78 is 1.60. The zero-order chi connectivity index (χ0) is 14.8. The number of hydrogen-bond acceptors (Lipinski definition) is 5. The largest absolute Gasteiger partial charge is 0.338 e. The van der Waals surface area contributed by atoms with Crippen LogP contribution in [0.15, 0.2) is 18.5 Å². The van der Waals surface area contributed by atoms with Gasteiger partial charge in [-0.1, -0.05) is 13.8 Å². The lowest BCUT2D eigenvalue weighted by Gasteiger charge is -2.23. The summed E-state index contributed by atoms with van der Waals surface area (Å²) in [6.07, 6.45) is 6.98. The first-order valence-electron chi connectivity index (χ1n) is 7.31. The molecule has 0 aromatic carbocycles. The van der Waals surface area contributed by atoms with E-state index in [1.807, 2.05) is 6.07 Å². The van der Waals surface area contributed by atoms with Crippen LogP contribution >= 0.6 is 11.6 Å². The average molecular weight is 307 g/mol. The van der Waals surface area contributed by atoms with E-state index in [2.05, 4.69) is 38.8 Å². The lowest BCUT2D eigenvalue weighted by atomic mass is 10.1. The molecule has 1 aliphatic rings. The molecule has 0 aliphatic heterocycles. The normalized spacial score (nSPS) is 14.7. The summed E-state index contributed by atoms with van der Waals surface area (Å²) in [6.45, 7) is 5.39. The number of aromatic nitrogens is 5. The van der Waals surface area contributed by atoms with Gasteiger partial charge >= 0.3 is 0 Å². The Labute approximate surface area is 129 Å². The fraction of sp³-hybridized carbons (Fsp3) is 0.571. The number of nitrogens with zero attached hydrogens (tertiary/aromatic N) is 6. The van der Waals surface area contributed by atoms with Crippen LogP contribution in [0.2, 0.25) is 5.28 Å². The molecule has 21 heavy (non-hydrogen) atoms. The van der Waals surface area contributed by atoms with Crippen LogP contribution in [-0.4, -0.2) is 37.3 Å². The minimum absolute atomic E-state index is 0.209. The van der Waals surface area contributed by atoms with Crippen LogP contribution in [0, 0.1) is 5.92 Å². The predicted octanol–water partition coefficient (Wildman–Crippen LogP) is 2.73. The molecule has 0 unspecified atom stereocenters. The van der Waals surface area contributed by atoms with Crippen molar-refractivity contribution in [2.75, 3.05) is 11.4 Å². The van der Waals surface area contributed by atoms with Crippen LogP contribution in [-0.2, 0) is 0 Å². The molecule has 0 saturated heterocycles. The highest BCUT2D eigenvalue weighted by atomic mass is 35.5. The highest BCUT2D eigenvalue weighted by Gasteiger charge is 2.31. The molecular weight excluding hydrogens is 288 g/mol. The van der Waals surface area contributed by atoms with E-state index in [9.17, 15) is 0 Å². The zero-order valence-electron chi connectivity index (χ0n) is 12.3. The Balaban J connectivity index is 1.88. The van der Waals surface area contributed by atoms with Gasteiger partial charge in [-0.25, -0.2) is 4.68 Å².